The molecule has 2 heterocycles. The van der Waals surface area contributed by atoms with Gasteiger partial charge in [-0.2, -0.15) is 0 Å². The number of Topliss-reactive ketones (excluding diaryl/α,β-unsaturated/α-hetero) is 1. The van der Waals surface area contributed by atoms with Crippen LogP contribution in [0, 0.1) is 11.3 Å². The van der Waals surface area contributed by atoms with Crippen LogP contribution in [0.15, 0.2) is 42.7 Å². The molecular weight excluding hydrogens is 355 g/mol. The first-order valence-electron chi connectivity index (χ1n) is 8.71. The summed E-state index contributed by atoms with van der Waals surface area (Å²) in [6.07, 6.45) is 5.30. The van der Waals surface area contributed by atoms with Crippen molar-refractivity contribution in [2.75, 3.05) is 18.0 Å². The topological polar surface area (TPSA) is 33.2 Å². The highest BCUT2D eigenvalue weighted by molar-refractivity contribution is 6.42. The highest BCUT2D eigenvalue weighted by Gasteiger charge is 2.54. The van der Waals surface area contributed by atoms with Gasteiger partial charge in [0.2, 0.25) is 0 Å². The van der Waals surface area contributed by atoms with Gasteiger partial charge in [0.15, 0.2) is 5.78 Å². The van der Waals surface area contributed by atoms with Crippen LogP contribution in [0.1, 0.15) is 37.0 Å². The Kier molecular flexibility index (Phi) is 5.35. The summed E-state index contributed by atoms with van der Waals surface area (Å²) in [6.45, 7) is 5.98. The zero-order valence-electron chi connectivity index (χ0n) is 14.5. The SMILES string of the molecule is CC.O=C(c1cccnc1)C1CC2(C1)CN(c1ccc(Cl)c(Cl)c1)C2. The van der Waals surface area contributed by atoms with E-state index in [2.05, 4.69) is 9.88 Å². The van der Waals surface area contributed by atoms with Crippen molar-refractivity contribution in [2.45, 2.75) is 26.7 Å². The number of benzene rings is 1. The first-order valence-corrected chi connectivity index (χ1v) is 9.46. The Labute approximate surface area is 159 Å². The number of pyridine rings is 1. The minimum Gasteiger partial charge on any atom is -0.370 e. The molecule has 1 spiro atoms. The average Bonchev–Trinajstić information content (AvgIpc) is 2.58. The number of nitrogens with zero attached hydrogens (tertiary/aromatic N) is 2. The second-order valence-corrected chi connectivity index (χ2v) is 7.48. The van der Waals surface area contributed by atoms with Crippen LogP contribution < -0.4 is 4.90 Å². The predicted octanol–water partition coefficient (Wildman–Crippen LogP) is 5.51. The zero-order valence-corrected chi connectivity index (χ0v) is 16.0. The molecule has 0 bridgehead atoms. The molecule has 1 aromatic heterocycles. The van der Waals surface area contributed by atoms with Crippen molar-refractivity contribution in [3.63, 3.8) is 0 Å². The van der Waals surface area contributed by atoms with E-state index >= 15 is 0 Å². The van der Waals surface area contributed by atoms with E-state index in [-0.39, 0.29) is 11.7 Å². The lowest BCUT2D eigenvalue weighted by Crippen LogP contribution is -2.63. The molecule has 1 aliphatic heterocycles. The maximum Gasteiger partial charge on any atom is 0.167 e. The van der Waals surface area contributed by atoms with Crippen LogP contribution in [0.3, 0.4) is 0 Å². The summed E-state index contributed by atoms with van der Waals surface area (Å²) in [4.78, 5) is 18.7. The van der Waals surface area contributed by atoms with Crippen molar-refractivity contribution >= 4 is 34.7 Å². The van der Waals surface area contributed by atoms with Gasteiger partial charge in [-0.05, 0) is 43.2 Å². The molecular formula is C20H22Cl2N2O. The van der Waals surface area contributed by atoms with Crippen molar-refractivity contribution in [3.8, 4) is 0 Å². The minimum absolute atomic E-state index is 0.148. The number of carbonyl (C=O) groups is 1. The summed E-state index contributed by atoms with van der Waals surface area (Å²) < 4.78 is 0. The Morgan fingerprint density at radius 1 is 1.16 bits per heavy atom. The van der Waals surface area contributed by atoms with Crippen LogP contribution in [-0.4, -0.2) is 23.9 Å². The van der Waals surface area contributed by atoms with E-state index < -0.39 is 0 Å². The molecule has 0 atom stereocenters. The van der Waals surface area contributed by atoms with E-state index in [1.807, 2.05) is 44.2 Å². The molecule has 2 aliphatic rings. The fraction of sp³-hybridized carbons (Fsp3) is 0.400. The van der Waals surface area contributed by atoms with Crippen molar-refractivity contribution in [1.82, 2.24) is 4.98 Å². The number of carbonyl (C=O) groups excluding carboxylic acids is 1. The Bertz CT molecular complexity index is 750. The molecule has 0 N–H and O–H groups in total. The average molecular weight is 377 g/mol. The molecule has 25 heavy (non-hydrogen) atoms. The third-order valence-electron chi connectivity index (χ3n) is 5.00. The van der Waals surface area contributed by atoms with Gasteiger partial charge in [-0.1, -0.05) is 37.0 Å². The molecule has 1 aliphatic carbocycles. The molecule has 0 amide bonds. The van der Waals surface area contributed by atoms with Gasteiger partial charge in [0.1, 0.15) is 0 Å². The zero-order chi connectivity index (χ0) is 18.0. The molecule has 1 saturated carbocycles. The van der Waals surface area contributed by atoms with Crippen molar-refractivity contribution < 1.29 is 4.79 Å². The van der Waals surface area contributed by atoms with Crippen molar-refractivity contribution in [3.05, 3.63) is 58.3 Å². The summed E-state index contributed by atoms with van der Waals surface area (Å²) >= 11 is 12.0. The quantitative estimate of drug-likeness (QED) is 0.661. The highest BCUT2D eigenvalue weighted by atomic mass is 35.5. The number of anilines is 1. The molecule has 4 rings (SSSR count). The third kappa shape index (κ3) is 3.54. The van der Waals surface area contributed by atoms with Gasteiger partial charge in [0.25, 0.3) is 0 Å². The van der Waals surface area contributed by atoms with Gasteiger partial charge in [-0.25, -0.2) is 0 Å². The molecule has 2 aromatic rings. The molecule has 1 saturated heterocycles. The largest absolute Gasteiger partial charge is 0.370 e. The number of hydrogen-bond donors (Lipinski definition) is 0. The molecule has 0 unspecified atom stereocenters. The first-order chi connectivity index (χ1) is 12.1. The van der Waals surface area contributed by atoms with E-state index in [0.717, 1.165) is 37.2 Å². The molecule has 3 nitrogen and oxygen atoms in total. The van der Waals surface area contributed by atoms with Crippen LogP contribution in [0.2, 0.25) is 10.0 Å². The Balaban J connectivity index is 0.000000880. The number of rotatable bonds is 3. The molecule has 2 fully saturated rings. The lowest BCUT2D eigenvalue weighted by Gasteiger charge is -2.59. The summed E-state index contributed by atoms with van der Waals surface area (Å²) in [5.41, 5.74) is 2.13. The molecule has 132 valence electrons. The lowest BCUT2D eigenvalue weighted by molar-refractivity contribution is 0.0235. The fourth-order valence-electron chi connectivity index (χ4n) is 3.80. The summed E-state index contributed by atoms with van der Waals surface area (Å²) in [5, 5.41) is 1.17. The smallest absolute Gasteiger partial charge is 0.167 e. The summed E-state index contributed by atoms with van der Waals surface area (Å²) in [6, 6.07) is 9.41. The van der Waals surface area contributed by atoms with Gasteiger partial charge in [-0.15, -0.1) is 0 Å². The number of aromatic nitrogens is 1. The van der Waals surface area contributed by atoms with E-state index in [4.69, 9.17) is 23.2 Å². The van der Waals surface area contributed by atoms with Gasteiger partial charge < -0.3 is 4.90 Å². The number of halogens is 2. The van der Waals surface area contributed by atoms with E-state index in [9.17, 15) is 4.79 Å². The van der Waals surface area contributed by atoms with Gasteiger partial charge in [0, 0.05) is 48.1 Å². The lowest BCUT2D eigenvalue weighted by atomic mass is 9.56. The van der Waals surface area contributed by atoms with E-state index in [1.54, 1.807) is 12.4 Å². The van der Waals surface area contributed by atoms with Crippen LogP contribution in [0.5, 0.6) is 0 Å². The summed E-state index contributed by atoms with van der Waals surface area (Å²) in [7, 11) is 0. The maximum atomic E-state index is 12.4. The molecule has 1 aromatic carbocycles. The number of hydrogen-bond acceptors (Lipinski definition) is 3. The van der Waals surface area contributed by atoms with E-state index in [0.29, 0.717) is 15.5 Å². The third-order valence-corrected chi connectivity index (χ3v) is 5.74. The van der Waals surface area contributed by atoms with Crippen molar-refractivity contribution in [2.24, 2.45) is 11.3 Å². The Hall–Kier alpha value is -1.58. The first kappa shape index (κ1) is 18.2. The van der Waals surface area contributed by atoms with Crippen LogP contribution in [-0.2, 0) is 0 Å². The standard InChI is InChI=1S/C18H16Cl2N2O.C2H6/c19-15-4-3-14(6-16(15)20)22-10-18(11-22)7-13(8-18)17(23)12-2-1-5-21-9-12;1-2/h1-6,9,13H,7-8,10-11H2;1-2H3. The normalized spacial score (nSPS) is 18.0. The Morgan fingerprint density at radius 2 is 1.88 bits per heavy atom. The maximum absolute atomic E-state index is 12.4. The highest BCUT2D eigenvalue weighted by Crippen LogP contribution is 2.53. The van der Waals surface area contributed by atoms with Gasteiger partial charge in [0.05, 0.1) is 10.0 Å². The van der Waals surface area contributed by atoms with Crippen LogP contribution in [0.25, 0.3) is 0 Å². The van der Waals surface area contributed by atoms with Crippen molar-refractivity contribution in [1.29, 1.82) is 0 Å². The molecule has 0 radical (unpaired) electrons. The van der Waals surface area contributed by atoms with E-state index in [1.165, 1.54) is 0 Å². The summed E-state index contributed by atoms with van der Waals surface area (Å²) in [5.74, 6) is 0.381. The van der Waals surface area contributed by atoms with Gasteiger partial charge in [-0.3, -0.25) is 9.78 Å². The second-order valence-electron chi connectivity index (χ2n) is 6.67. The predicted molar refractivity (Wildman–Crippen MR) is 104 cm³/mol. The van der Waals surface area contributed by atoms with Crippen LogP contribution in [0.4, 0.5) is 5.69 Å². The van der Waals surface area contributed by atoms with Gasteiger partial charge >= 0.3 is 0 Å². The van der Waals surface area contributed by atoms with Crippen LogP contribution >= 0.6 is 23.2 Å². The second kappa shape index (κ2) is 7.35. The fourth-order valence-corrected chi connectivity index (χ4v) is 4.09. The minimum atomic E-state index is 0.148. The molecule has 5 heteroatoms. The monoisotopic (exact) mass is 376 g/mol. The Morgan fingerprint density at radius 3 is 2.48 bits per heavy atom. The number of ketones is 1.